The zero-order chi connectivity index (χ0) is 9.97. The van der Waals surface area contributed by atoms with Crippen LogP contribution in [-0.2, 0) is 9.53 Å². The molecule has 0 spiro atoms. The van der Waals surface area contributed by atoms with Gasteiger partial charge >= 0.3 is 0 Å². The van der Waals surface area contributed by atoms with Crippen LogP contribution in [0.4, 0.5) is 0 Å². The third kappa shape index (κ3) is 1.77. The molecule has 1 aromatic rings. The minimum Gasteiger partial charge on any atom is -0.362 e. The van der Waals surface area contributed by atoms with E-state index in [0.717, 1.165) is 5.56 Å². The van der Waals surface area contributed by atoms with Crippen molar-refractivity contribution in [2.24, 2.45) is 0 Å². The Kier molecular flexibility index (Phi) is 2.50. The second-order valence-corrected chi connectivity index (χ2v) is 3.45. The van der Waals surface area contributed by atoms with E-state index in [1.54, 1.807) is 0 Å². The van der Waals surface area contributed by atoms with Crippen molar-refractivity contribution in [1.29, 1.82) is 0 Å². The first-order valence-corrected chi connectivity index (χ1v) is 4.73. The van der Waals surface area contributed by atoms with E-state index in [1.807, 2.05) is 31.2 Å². The number of nitrogens with one attached hydrogen (secondary N) is 1. The molecule has 1 atom stereocenters. The van der Waals surface area contributed by atoms with Gasteiger partial charge in [0.25, 0.3) is 5.91 Å². The fraction of sp³-hybridized carbons (Fsp3) is 0.364. The predicted octanol–water partition coefficient (Wildman–Crippen LogP) is 1.18. The Morgan fingerprint density at radius 3 is 2.71 bits per heavy atom. The molecule has 3 heteroatoms. The fourth-order valence-corrected chi connectivity index (χ4v) is 1.51. The van der Waals surface area contributed by atoms with Gasteiger partial charge in [-0.25, -0.2) is 0 Å². The summed E-state index contributed by atoms with van der Waals surface area (Å²) in [6, 6.07) is 7.84. The highest BCUT2D eigenvalue weighted by molar-refractivity contribution is 5.82. The topological polar surface area (TPSA) is 38.3 Å². The van der Waals surface area contributed by atoms with Crippen LogP contribution in [0, 0.1) is 6.92 Å². The SMILES string of the molecule is Cc1ccc(C2OCCNC2=O)cc1. The summed E-state index contributed by atoms with van der Waals surface area (Å²) >= 11 is 0. The maximum Gasteiger partial charge on any atom is 0.253 e. The lowest BCUT2D eigenvalue weighted by Gasteiger charge is -2.22. The number of carbonyl (C=O) groups excluding carboxylic acids is 1. The zero-order valence-corrected chi connectivity index (χ0v) is 8.12. The van der Waals surface area contributed by atoms with Gasteiger partial charge in [0.2, 0.25) is 0 Å². The van der Waals surface area contributed by atoms with E-state index in [0.29, 0.717) is 13.2 Å². The van der Waals surface area contributed by atoms with Crippen molar-refractivity contribution in [2.75, 3.05) is 13.2 Å². The van der Waals surface area contributed by atoms with Gasteiger partial charge in [-0.3, -0.25) is 4.79 Å². The van der Waals surface area contributed by atoms with Crippen molar-refractivity contribution in [3.05, 3.63) is 35.4 Å². The van der Waals surface area contributed by atoms with Gasteiger partial charge in [-0.2, -0.15) is 0 Å². The lowest BCUT2D eigenvalue weighted by atomic mass is 10.1. The predicted molar refractivity (Wildman–Crippen MR) is 52.9 cm³/mol. The van der Waals surface area contributed by atoms with Crippen molar-refractivity contribution >= 4 is 5.91 Å². The van der Waals surface area contributed by atoms with Gasteiger partial charge < -0.3 is 10.1 Å². The van der Waals surface area contributed by atoms with E-state index in [1.165, 1.54) is 5.56 Å². The van der Waals surface area contributed by atoms with Crippen LogP contribution in [0.2, 0.25) is 0 Å². The molecule has 0 radical (unpaired) electrons. The van der Waals surface area contributed by atoms with E-state index in [9.17, 15) is 4.79 Å². The van der Waals surface area contributed by atoms with Crippen LogP contribution in [0.15, 0.2) is 24.3 Å². The van der Waals surface area contributed by atoms with Crippen LogP contribution < -0.4 is 5.32 Å². The molecule has 1 heterocycles. The van der Waals surface area contributed by atoms with Gasteiger partial charge in [-0.1, -0.05) is 29.8 Å². The largest absolute Gasteiger partial charge is 0.362 e. The Labute approximate surface area is 83.1 Å². The van der Waals surface area contributed by atoms with Crippen LogP contribution in [0.25, 0.3) is 0 Å². The van der Waals surface area contributed by atoms with Gasteiger partial charge in [0.15, 0.2) is 6.10 Å². The summed E-state index contributed by atoms with van der Waals surface area (Å²) in [5.41, 5.74) is 2.11. The molecular weight excluding hydrogens is 178 g/mol. The Morgan fingerprint density at radius 1 is 1.36 bits per heavy atom. The molecule has 14 heavy (non-hydrogen) atoms. The lowest BCUT2D eigenvalue weighted by Crippen LogP contribution is -2.39. The maximum absolute atomic E-state index is 11.4. The smallest absolute Gasteiger partial charge is 0.253 e. The lowest BCUT2D eigenvalue weighted by molar-refractivity contribution is -0.138. The van der Waals surface area contributed by atoms with E-state index in [-0.39, 0.29) is 5.91 Å². The molecule has 3 nitrogen and oxygen atoms in total. The first kappa shape index (κ1) is 9.21. The molecule has 1 saturated heterocycles. The molecule has 0 saturated carbocycles. The minimum atomic E-state index is -0.427. The Morgan fingerprint density at radius 2 is 2.07 bits per heavy atom. The average molecular weight is 191 g/mol. The molecule has 0 bridgehead atoms. The number of ether oxygens (including phenoxy) is 1. The van der Waals surface area contributed by atoms with Crippen LogP contribution in [-0.4, -0.2) is 19.1 Å². The first-order chi connectivity index (χ1) is 6.77. The Hall–Kier alpha value is -1.35. The van der Waals surface area contributed by atoms with Gasteiger partial charge in [-0.15, -0.1) is 0 Å². The third-order valence-electron chi connectivity index (χ3n) is 2.30. The van der Waals surface area contributed by atoms with Crippen LogP contribution in [0.3, 0.4) is 0 Å². The highest BCUT2D eigenvalue weighted by atomic mass is 16.5. The number of morpholine rings is 1. The Balaban J connectivity index is 2.20. The molecule has 1 aliphatic rings. The number of amides is 1. The first-order valence-electron chi connectivity index (χ1n) is 4.73. The molecule has 1 aliphatic heterocycles. The molecule has 1 unspecified atom stereocenters. The summed E-state index contributed by atoms with van der Waals surface area (Å²) in [7, 11) is 0. The molecule has 0 aromatic heterocycles. The minimum absolute atomic E-state index is 0.0416. The molecule has 1 N–H and O–H groups in total. The summed E-state index contributed by atoms with van der Waals surface area (Å²) in [6.07, 6.45) is -0.427. The highest BCUT2D eigenvalue weighted by Crippen LogP contribution is 2.19. The number of aryl methyl sites for hydroxylation is 1. The van der Waals surface area contributed by atoms with Gasteiger partial charge in [0, 0.05) is 6.54 Å². The van der Waals surface area contributed by atoms with Crippen LogP contribution in [0.5, 0.6) is 0 Å². The molecule has 74 valence electrons. The van der Waals surface area contributed by atoms with Crippen LogP contribution >= 0.6 is 0 Å². The summed E-state index contributed by atoms with van der Waals surface area (Å²) in [4.78, 5) is 11.4. The number of benzene rings is 1. The van der Waals surface area contributed by atoms with Crippen molar-refractivity contribution in [1.82, 2.24) is 5.32 Å². The zero-order valence-electron chi connectivity index (χ0n) is 8.12. The fourth-order valence-electron chi connectivity index (χ4n) is 1.51. The van der Waals surface area contributed by atoms with Crippen molar-refractivity contribution in [3.8, 4) is 0 Å². The standard InChI is InChI=1S/C11H13NO2/c1-8-2-4-9(5-3-8)10-11(13)12-6-7-14-10/h2-5,10H,6-7H2,1H3,(H,12,13). The highest BCUT2D eigenvalue weighted by Gasteiger charge is 2.23. The molecule has 1 fully saturated rings. The van der Waals surface area contributed by atoms with E-state index in [4.69, 9.17) is 4.74 Å². The second kappa shape index (κ2) is 3.80. The van der Waals surface area contributed by atoms with E-state index < -0.39 is 6.10 Å². The average Bonchev–Trinajstić information content (AvgIpc) is 2.20. The molecular formula is C11H13NO2. The number of carbonyl (C=O) groups is 1. The summed E-state index contributed by atoms with van der Waals surface area (Å²) in [5.74, 6) is -0.0416. The number of rotatable bonds is 1. The van der Waals surface area contributed by atoms with Gasteiger partial charge in [0.1, 0.15) is 0 Å². The molecule has 1 aromatic carbocycles. The second-order valence-electron chi connectivity index (χ2n) is 3.45. The van der Waals surface area contributed by atoms with Crippen LogP contribution in [0.1, 0.15) is 17.2 Å². The van der Waals surface area contributed by atoms with E-state index >= 15 is 0 Å². The third-order valence-corrected chi connectivity index (χ3v) is 2.30. The van der Waals surface area contributed by atoms with Crippen molar-refractivity contribution in [2.45, 2.75) is 13.0 Å². The normalized spacial score (nSPS) is 21.8. The number of hydrogen-bond donors (Lipinski definition) is 1. The maximum atomic E-state index is 11.4. The monoisotopic (exact) mass is 191 g/mol. The Bertz CT molecular complexity index is 332. The summed E-state index contributed by atoms with van der Waals surface area (Å²) in [5, 5.41) is 2.78. The number of hydrogen-bond acceptors (Lipinski definition) is 2. The quantitative estimate of drug-likeness (QED) is 0.724. The van der Waals surface area contributed by atoms with Crippen molar-refractivity contribution < 1.29 is 9.53 Å². The summed E-state index contributed by atoms with van der Waals surface area (Å²) < 4.78 is 5.40. The van der Waals surface area contributed by atoms with Gasteiger partial charge in [-0.05, 0) is 12.5 Å². The van der Waals surface area contributed by atoms with Gasteiger partial charge in [0.05, 0.1) is 6.61 Å². The van der Waals surface area contributed by atoms with E-state index in [2.05, 4.69) is 5.32 Å². The summed E-state index contributed by atoms with van der Waals surface area (Å²) in [6.45, 7) is 3.22. The molecule has 0 aliphatic carbocycles. The molecule has 2 rings (SSSR count). The van der Waals surface area contributed by atoms with Crippen molar-refractivity contribution in [3.63, 3.8) is 0 Å². The molecule has 1 amide bonds.